The molecule has 0 atom stereocenters. The minimum atomic E-state index is -4.44. The highest BCUT2D eigenvalue weighted by molar-refractivity contribution is 7.85. The van der Waals surface area contributed by atoms with Gasteiger partial charge in [0, 0.05) is 6.08 Å². The van der Waals surface area contributed by atoms with Crippen molar-refractivity contribution in [1.82, 2.24) is 4.90 Å². The minimum absolute atomic E-state index is 0.0841. The zero-order valence-corrected chi connectivity index (χ0v) is 12.8. The molecule has 2 amide bonds. The van der Waals surface area contributed by atoms with Crippen LogP contribution >= 0.6 is 0 Å². The second-order valence-corrected chi connectivity index (χ2v) is 5.96. The summed E-state index contributed by atoms with van der Waals surface area (Å²) in [5.41, 5.74) is -0.0184. The third-order valence-corrected chi connectivity index (χ3v) is 3.92. The van der Waals surface area contributed by atoms with E-state index >= 15 is 0 Å². The summed E-state index contributed by atoms with van der Waals surface area (Å²) in [4.78, 5) is 24.1. The number of β-amino-alcohol motifs (C(OH)–C–C–N with tert-alkyl or cyclic N) is 1. The van der Waals surface area contributed by atoms with Crippen molar-refractivity contribution in [2.45, 2.75) is 4.90 Å². The lowest BCUT2D eigenvalue weighted by Crippen LogP contribution is -2.34. The molecule has 0 radical (unpaired) electrons. The van der Waals surface area contributed by atoms with Crippen LogP contribution in [0.5, 0.6) is 5.75 Å². The van der Waals surface area contributed by atoms with Gasteiger partial charge in [-0.1, -0.05) is 0 Å². The van der Waals surface area contributed by atoms with E-state index in [-0.39, 0.29) is 30.3 Å². The van der Waals surface area contributed by atoms with Gasteiger partial charge in [-0.05, 0) is 18.2 Å². The largest absolute Gasteiger partial charge is 0.495 e. The van der Waals surface area contributed by atoms with E-state index in [0.29, 0.717) is 0 Å². The van der Waals surface area contributed by atoms with Crippen LogP contribution < -0.4 is 10.1 Å². The van der Waals surface area contributed by atoms with Crippen LogP contribution in [0, 0.1) is 0 Å². The molecule has 3 N–H and O–H groups in total. The fourth-order valence-electron chi connectivity index (χ4n) is 2.00. The third kappa shape index (κ3) is 3.50. The number of carbonyl (C=O) groups excluding carboxylic acids is 2. The van der Waals surface area contributed by atoms with E-state index in [2.05, 4.69) is 5.32 Å². The zero-order chi connectivity index (χ0) is 17.2. The number of aliphatic hydroxyl groups excluding tert-OH is 1. The highest BCUT2D eigenvalue weighted by Crippen LogP contribution is 2.29. The molecule has 1 aromatic rings. The number of benzene rings is 1. The number of imide groups is 1. The lowest BCUT2D eigenvalue weighted by molar-refractivity contribution is -0.137. The first-order chi connectivity index (χ1) is 10.8. The van der Waals surface area contributed by atoms with E-state index < -0.39 is 26.8 Å². The molecule has 0 aromatic heterocycles. The second-order valence-electron chi connectivity index (χ2n) is 4.54. The standard InChI is InChI=1S/C13H14N2O7S/c1-22-11-3-2-8(23(19,20)21)6-9(11)14-10-7-12(17)15(4-5-16)13(10)18/h2-3,6-7,14,16H,4-5H2,1H3,(H,19,20,21). The van der Waals surface area contributed by atoms with Gasteiger partial charge < -0.3 is 15.2 Å². The van der Waals surface area contributed by atoms with Crippen LogP contribution in [0.2, 0.25) is 0 Å². The Bertz CT molecular complexity index is 786. The Morgan fingerprint density at radius 3 is 2.57 bits per heavy atom. The molecule has 2 rings (SSSR count). The molecule has 0 bridgehead atoms. The fourth-order valence-corrected chi connectivity index (χ4v) is 2.51. The lowest BCUT2D eigenvalue weighted by Gasteiger charge is -2.15. The van der Waals surface area contributed by atoms with Gasteiger partial charge in [0.2, 0.25) is 0 Å². The van der Waals surface area contributed by atoms with Crippen LogP contribution in [0.25, 0.3) is 0 Å². The summed E-state index contributed by atoms with van der Waals surface area (Å²) in [6, 6.07) is 3.49. The smallest absolute Gasteiger partial charge is 0.294 e. The lowest BCUT2D eigenvalue weighted by atomic mass is 10.2. The Morgan fingerprint density at radius 2 is 2.00 bits per heavy atom. The topological polar surface area (TPSA) is 133 Å². The van der Waals surface area contributed by atoms with E-state index in [1.807, 2.05) is 0 Å². The molecular weight excluding hydrogens is 328 g/mol. The first kappa shape index (κ1) is 16.9. The van der Waals surface area contributed by atoms with Gasteiger partial charge in [-0.3, -0.25) is 19.0 Å². The summed E-state index contributed by atoms with van der Waals surface area (Å²) in [5.74, 6) is -1.06. The molecule has 23 heavy (non-hydrogen) atoms. The van der Waals surface area contributed by atoms with Crippen LogP contribution in [0.3, 0.4) is 0 Å². The summed E-state index contributed by atoms with van der Waals surface area (Å²) >= 11 is 0. The number of carbonyl (C=O) groups is 2. The van der Waals surface area contributed by atoms with Crippen LogP contribution in [-0.4, -0.2) is 55.1 Å². The maximum atomic E-state index is 12.0. The Morgan fingerprint density at radius 1 is 1.30 bits per heavy atom. The van der Waals surface area contributed by atoms with Gasteiger partial charge in [0.1, 0.15) is 11.4 Å². The first-order valence-electron chi connectivity index (χ1n) is 6.39. The monoisotopic (exact) mass is 342 g/mol. The van der Waals surface area contributed by atoms with Gasteiger partial charge in [0.05, 0.1) is 30.8 Å². The normalized spacial score (nSPS) is 14.9. The Hall–Kier alpha value is -2.43. The van der Waals surface area contributed by atoms with Crippen molar-refractivity contribution in [3.63, 3.8) is 0 Å². The molecule has 1 heterocycles. The molecule has 0 fully saturated rings. The number of hydrogen-bond donors (Lipinski definition) is 3. The van der Waals surface area contributed by atoms with Gasteiger partial charge in [-0.2, -0.15) is 8.42 Å². The maximum absolute atomic E-state index is 12.0. The Kier molecular flexibility index (Phi) is 4.68. The molecule has 0 saturated carbocycles. The number of rotatable bonds is 6. The van der Waals surface area contributed by atoms with Crippen LogP contribution in [0.4, 0.5) is 5.69 Å². The van der Waals surface area contributed by atoms with Gasteiger partial charge in [0.15, 0.2) is 0 Å². The summed E-state index contributed by atoms with van der Waals surface area (Å²) in [5, 5.41) is 11.5. The number of nitrogens with one attached hydrogen (secondary N) is 1. The van der Waals surface area contributed by atoms with Crippen molar-refractivity contribution in [2.24, 2.45) is 0 Å². The summed E-state index contributed by atoms with van der Waals surface area (Å²) < 4.78 is 36.5. The predicted molar refractivity (Wildman–Crippen MR) is 78.3 cm³/mol. The van der Waals surface area contributed by atoms with Crippen molar-refractivity contribution in [2.75, 3.05) is 25.6 Å². The van der Waals surface area contributed by atoms with Gasteiger partial charge in [0.25, 0.3) is 21.9 Å². The number of nitrogens with zero attached hydrogens (tertiary/aromatic N) is 1. The average Bonchev–Trinajstić information content (AvgIpc) is 2.74. The van der Waals surface area contributed by atoms with Crippen LogP contribution in [0.1, 0.15) is 0 Å². The van der Waals surface area contributed by atoms with Crippen LogP contribution in [0.15, 0.2) is 34.9 Å². The van der Waals surface area contributed by atoms with Crippen molar-refractivity contribution in [3.8, 4) is 5.75 Å². The molecule has 1 aliphatic heterocycles. The van der Waals surface area contributed by atoms with E-state index in [0.717, 1.165) is 23.1 Å². The Labute approximate surface area is 131 Å². The number of hydrogen-bond acceptors (Lipinski definition) is 7. The number of aliphatic hydroxyl groups is 1. The molecule has 124 valence electrons. The fraction of sp³-hybridized carbons (Fsp3) is 0.231. The van der Waals surface area contributed by atoms with E-state index in [4.69, 9.17) is 14.4 Å². The number of ether oxygens (including phenoxy) is 1. The first-order valence-corrected chi connectivity index (χ1v) is 7.83. The maximum Gasteiger partial charge on any atom is 0.294 e. The van der Waals surface area contributed by atoms with Gasteiger partial charge in [-0.15, -0.1) is 0 Å². The SMILES string of the molecule is COc1ccc(S(=O)(=O)O)cc1NC1=CC(=O)N(CCO)C1=O. The third-order valence-electron chi connectivity index (χ3n) is 3.07. The van der Waals surface area contributed by atoms with Crippen molar-refractivity contribution in [1.29, 1.82) is 0 Å². The van der Waals surface area contributed by atoms with Crippen LogP contribution in [-0.2, 0) is 19.7 Å². The van der Waals surface area contributed by atoms with Crippen molar-refractivity contribution >= 4 is 27.6 Å². The minimum Gasteiger partial charge on any atom is -0.495 e. The highest BCUT2D eigenvalue weighted by atomic mass is 32.2. The molecule has 0 saturated heterocycles. The summed E-state index contributed by atoms with van der Waals surface area (Å²) in [6.45, 7) is -0.526. The molecule has 0 spiro atoms. The summed E-state index contributed by atoms with van der Waals surface area (Å²) in [6.07, 6.45) is 1.03. The van der Waals surface area contributed by atoms with Crippen molar-refractivity contribution < 1.29 is 32.4 Å². The number of methoxy groups -OCH3 is 1. The molecule has 1 aromatic carbocycles. The Balaban J connectivity index is 2.35. The molecular formula is C13H14N2O7S. The average molecular weight is 342 g/mol. The van der Waals surface area contributed by atoms with Gasteiger partial charge >= 0.3 is 0 Å². The molecule has 10 heteroatoms. The quantitative estimate of drug-likeness (QED) is 0.470. The summed E-state index contributed by atoms with van der Waals surface area (Å²) in [7, 11) is -3.10. The molecule has 0 unspecified atom stereocenters. The van der Waals surface area contributed by atoms with E-state index in [1.165, 1.54) is 13.2 Å². The predicted octanol–water partition coefficient (Wildman–Crippen LogP) is -0.401. The molecule has 1 aliphatic rings. The molecule has 0 aliphatic carbocycles. The molecule has 9 nitrogen and oxygen atoms in total. The van der Waals surface area contributed by atoms with Gasteiger partial charge in [-0.25, -0.2) is 0 Å². The number of anilines is 1. The van der Waals surface area contributed by atoms with E-state index in [1.54, 1.807) is 0 Å². The van der Waals surface area contributed by atoms with E-state index in [9.17, 15) is 18.0 Å². The second kappa shape index (κ2) is 6.36. The van der Waals surface area contributed by atoms with Crippen molar-refractivity contribution in [3.05, 3.63) is 30.0 Å². The number of amides is 2. The zero-order valence-electron chi connectivity index (χ0n) is 12.0. The highest BCUT2D eigenvalue weighted by Gasteiger charge is 2.31.